The van der Waals surface area contributed by atoms with E-state index >= 15 is 0 Å². The molecule has 0 rings (SSSR count). The standard InChI is InChI=1S/C7H16NO/c1-4-8(6-9)5-7(2)3/h7H,4-6H2,1-3H3. The lowest BCUT2D eigenvalue weighted by Gasteiger charge is -2.17. The van der Waals surface area contributed by atoms with Crippen LogP contribution in [0.5, 0.6) is 0 Å². The second-order valence-electron chi connectivity index (χ2n) is 2.69. The van der Waals surface area contributed by atoms with Crippen LogP contribution in [0.15, 0.2) is 0 Å². The van der Waals surface area contributed by atoms with Crippen LogP contribution in [0, 0.1) is 5.92 Å². The summed E-state index contributed by atoms with van der Waals surface area (Å²) in [6, 6.07) is 0. The largest absolute Gasteiger partial charge is 0.278 e. The van der Waals surface area contributed by atoms with E-state index in [-0.39, 0.29) is 6.73 Å². The van der Waals surface area contributed by atoms with Crippen LogP contribution in [-0.2, 0) is 5.11 Å². The third-order valence-corrected chi connectivity index (χ3v) is 1.25. The van der Waals surface area contributed by atoms with Crippen molar-refractivity contribution in [2.24, 2.45) is 5.92 Å². The smallest absolute Gasteiger partial charge is 0.135 e. The first-order valence-corrected chi connectivity index (χ1v) is 3.51. The average molecular weight is 130 g/mol. The molecular formula is C7H16NO. The van der Waals surface area contributed by atoms with Crippen LogP contribution in [0.1, 0.15) is 20.8 Å². The third kappa shape index (κ3) is 4.43. The van der Waals surface area contributed by atoms with E-state index in [0.29, 0.717) is 5.92 Å². The zero-order valence-corrected chi connectivity index (χ0v) is 6.55. The van der Waals surface area contributed by atoms with Crippen molar-refractivity contribution in [1.29, 1.82) is 0 Å². The van der Waals surface area contributed by atoms with Crippen LogP contribution in [-0.4, -0.2) is 24.7 Å². The third-order valence-electron chi connectivity index (χ3n) is 1.25. The Kier molecular flexibility index (Phi) is 4.72. The van der Waals surface area contributed by atoms with Crippen LogP contribution in [0.3, 0.4) is 0 Å². The molecule has 0 aromatic heterocycles. The van der Waals surface area contributed by atoms with Gasteiger partial charge >= 0.3 is 0 Å². The number of rotatable bonds is 4. The van der Waals surface area contributed by atoms with Gasteiger partial charge in [0.05, 0.1) is 0 Å². The van der Waals surface area contributed by atoms with Crippen molar-refractivity contribution in [3.8, 4) is 0 Å². The SMILES string of the molecule is CCN(C[O])CC(C)C. The van der Waals surface area contributed by atoms with Gasteiger partial charge in [-0.25, -0.2) is 5.11 Å². The Morgan fingerprint density at radius 1 is 1.44 bits per heavy atom. The van der Waals surface area contributed by atoms with Crippen molar-refractivity contribution < 1.29 is 5.11 Å². The maximum absolute atomic E-state index is 10.3. The molecule has 0 unspecified atom stereocenters. The summed E-state index contributed by atoms with van der Waals surface area (Å²) >= 11 is 0. The molecule has 2 nitrogen and oxygen atoms in total. The first-order chi connectivity index (χ1) is 4.20. The van der Waals surface area contributed by atoms with E-state index in [2.05, 4.69) is 13.8 Å². The predicted octanol–water partition coefficient (Wildman–Crippen LogP) is 1.35. The number of nitrogens with zero attached hydrogens (tertiary/aromatic N) is 1. The molecule has 0 fully saturated rings. The fourth-order valence-corrected chi connectivity index (χ4v) is 0.789. The van der Waals surface area contributed by atoms with Crippen molar-refractivity contribution in [1.82, 2.24) is 4.90 Å². The summed E-state index contributed by atoms with van der Waals surface area (Å²) in [6.45, 7) is 8.01. The molecule has 0 aromatic carbocycles. The highest BCUT2D eigenvalue weighted by Crippen LogP contribution is 1.95. The van der Waals surface area contributed by atoms with Crippen LogP contribution in [0.2, 0.25) is 0 Å². The highest BCUT2D eigenvalue weighted by molar-refractivity contribution is 4.51. The molecule has 0 saturated heterocycles. The van der Waals surface area contributed by atoms with E-state index in [1.807, 2.05) is 11.8 Å². The van der Waals surface area contributed by atoms with Gasteiger partial charge in [0.25, 0.3) is 0 Å². The van der Waals surface area contributed by atoms with Crippen LogP contribution in [0.4, 0.5) is 0 Å². The lowest BCUT2D eigenvalue weighted by molar-refractivity contribution is 0.0473. The van der Waals surface area contributed by atoms with Gasteiger partial charge in [-0.05, 0) is 12.5 Å². The molecule has 0 saturated carbocycles. The highest BCUT2D eigenvalue weighted by Gasteiger charge is 2.01. The molecule has 0 aromatic rings. The fourth-order valence-electron chi connectivity index (χ4n) is 0.789. The van der Waals surface area contributed by atoms with E-state index in [1.54, 1.807) is 0 Å². The summed E-state index contributed by atoms with van der Waals surface area (Å²) in [7, 11) is 0. The molecule has 2 heteroatoms. The molecule has 0 aliphatic rings. The summed E-state index contributed by atoms with van der Waals surface area (Å²) < 4.78 is 0. The normalized spacial score (nSPS) is 11.3. The molecule has 0 amide bonds. The second kappa shape index (κ2) is 4.77. The van der Waals surface area contributed by atoms with Gasteiger partial charge in [0.2, 0.25) is 0 Å². The van der Waals surface area contributed by atoms with Gasteiger partial charge in [-0.1, -0.05) is 20.8 Å². The highest BCUT2D eigenvalue weighted by atomic mass is 16.3. The van der Waals surface area contributed by atoms with E-state index < -0.39 is 0 Å². The van der Waals surface area contributed by atoms with E-state index in [0.717, 1.165) is 13.1 Å². The van der Waals surface area contributed by atoms with Crippen molar-refractivity contribution in [2.45, 2.75) is 20.8 Å². The topological polar surface area (TPSA) is 23.1 Å². The fraction of sp³-hybridized carbons (Fsp3) is 1.00. The van der Waals surface area contributed by atoms with Crippen molar-refractivity contribution >= 4 is 0 Å². The van der Waals surface area contributed by atoms with Gasteiger partial charge < -0.3 is 0 Å². The monoisotopic (exact) mass is 130 g/mol. The summed E-state index contributed by atoms with van der Waals surface area (Å²) in [4.78, 5) is 1.89. The molecule has 1 radical (unpaired) electrons. The Balaban J connectivity index is 3.31. The quantitative estimate of drug-likeness (QED) is 0.527. The Morgan fingerprint density at radius 2 is 2.00 bits per heavy atom. The summed E-state index contributed by atoms with van der Waals surface area (Å²) in [5.41, 5.74) is 0. The maximum Gasteiger partial charge on any atom is 0.135 e. The Morgan fingerprint density at radius 3 is 2.11 bits per heavy atom. The first-order valence-electron chi connectivity index (χ1n) is 3.51. The van der Waals surface area contributed by atoms with E-state index in [4.69, 9.17) is 0 Å². The molecular weight excluding hydrogens is 114 g/mol. The zero-order chi connectivity index (χ0) is 7.28. The summed E-state index contributed by atoms with van der Waals surface area (Å²) in [6.07, 6.45) is 0. The van der Waals surface area contributed by atoms with Gasteiger partial charge in [-0.3, -0.25) is 4.90 Å². The van der Waals surface area contributed by atoms with E-state index in [1.165, 1.54) is 0 Å². The molecule has 0 heterocycles. The molecule has 9 heavy (non-hydrogen) atoms. The van der Waals surface area contributed by atoms with Gasteiger partial charge in [-0.2, -0.15) is 0 Å². The van der Waals surface area contributed by atoms with Gasteiger partial charge in [0.15, 0.2) is 0 Å². The van der Waals surface area contributed by atoms with Gasteiger partial charge in [0.1, 0.15) is 6.73 Å². The Labute approximate surface area is 57.5 Å². The molecule has 0 aliphatic carbocycles. The van der Waals surface area contributed by atoms with Gasteiger partial charge in [0, 0.05) is 6.54 Å². The number of hydrogen-bond donors (Lipinski definition) is 0. The zero-order valence-electron chi connectivity index (χ0n) is 6.55. The van der Waals surface area contributed by atoms with Gasteiger partial charge in [-0.15, -0.1) is 0 Å². The Bertz CT molecular complexity index is 59.9. The summed E-state index contributed by atoms with van der Waals surface area (Å²) in [5.74, 6) is 0.610. The molecule has 0 N–H and O–H groups in total. The van der Waals surface area contributed by atoms with Crippen molar-refractivity contribution in [3.05, 3.63) is 0 Å². The maximum atomic E-state index is 10.3. The van der Waals surface area contributed by atoms with Crippen LogP contribution < -0.4 is 0 Å². The predicted molar refractivity (Wildman–Crippen MR) is 37.6 cm³/mol. The van der Waals surface area contributed by atoms with Crippen LogP contribution in [0.25, 0.3) is 0 Å². The van der Waals surface area contributed by atoms with E-state index in [9.17, 15) is 5.11 Å². The number of hydrogen-bond acceptors (Lipinski definition) is 1. The first kappa shape index (κ1) is 8.92. The minimum Gasteiger partial charge on any atom is -0.278 e. The van der Waals surface area contributed by atoms with Crippen molar-refractivity contribution in [3.63, 3.8) is 0 Å². The lowest BCUT2D eigenvalue weighted by atomic mass is 10.2. The molecule has 0 atom stereocenters. The molecule has 55 valence electrons. The molecule has 0 aliphatic heterocycles. The van der Waals surface area contributed by atoms with Crippen LogP contribution >= 0.6 is 0 Å². The molecule has 0 spiro atoms. The minimum absolute atomic E-state index is 0.0608. The average Bonchev–Trinajstić information content (AvgIpc) is 1.82. The van der Waals surface area contributed by atoms with Crippen molar-refractivity contribution in [2.75, 3.05) is 19.8 Å². The Hall–Kier alpha value is -0.0800. The summed E-state index contributed by atoms with van der Waals surface area (Å²) in [5, 5.41) is 10.3. The molecule has 0 bridgehead atoms. The minimum atomic E-state index is -0.0608. The lowest BCUT2D eigenvalue weighted by Crippen LogP contribution is -2.27. The second-order valence-corrected chi connectivity index (χ2v) is 2.69.